The van der Waals surface area contributed by atoms with Gasteiger partial charge in [-0.05, 0) is 31.2 Å². The van der Waals surface area contributed by atoms with Crippen LogP contribution in [0.2, 0.25) is 5.02 Å². The minimum Gasteiger partial charge on any atom is -0.245 e. The van der Waals surface area contributed by atoms with Gasteiger partial charge in [0.2, 0.25) is 0 Å². The van der Waals surface area contributed by atoms with Crippen LogP contribution in [-0.4, -0.2) is 14.5 Å². The highest BCUT2D eigenvalue weighted by Crippen LogP contribution is 2.30. The van der Waals surface area contributed by atoms with Crippen molar-refractivity contribution in [3.63, 3.8) is 0 Å². The van der Waals surface area contributed by atoms with Gasteiger partial charge >= 0.3 is 11.9 Å². The lowest BCUT2D eigenvalue weighted by Crippen LogP contribution is -2.25. The summed E-state index contributed by atoms with van der Waals surface area (Å²) in [5.74, 6) is -0.879. The molecule has 1 aromatic carbocycles. The number of pyridine rings is 1. The lowest BCUT2D eigenvalue weighted by Gasteiger charge is -2.14. The molecule has 3 aromatic rings. The fraction of sp³-hybridized carbons (Fsp3) is 0.133. The molecule has 0 unspecified atom stereocenters. The van der Waals surface area contributed by atoms with Crippen molar-refractivity contribution in [1.29, 1.82) is 0 Å². The van der Waals surface area contributed by atoms with E-state index in [4.69, 9.17) is 11.6 Å². The van der Waals surface area contributed by atoms with Gasteiger partial charge in [0, 0.05) is 5.39 Å². The van der Waals surface area contributed by atoms with Gasteiger partial charge in [0.15, 0.2) is 5.65 Å². The first kappa shape index (κ1) is 16.4. The Morgan fingerprint density at radius 3 is 2.46 bits per heavy atom. The first-order valence-electron chi connectivity index (χ1n) is 6.62. The van der Waals surface area contributed by atoms with Crippen molar-refractivity contribution in [1.82, 2.24) is 14.5 Å². The van der Waals surface area contributed by atoms with Crippen molar-refractivity contribution in [2.75, 3.05) is 0 Å². The summed E-state index contributed by atoms with van der Waals surface area (Å²) >= 11 is 5.93. The SMILES string of the molecule is Cc1nc(=O)n(-c2c(F)cccc2Cl)c2nc(C(F)(F)F)ccc12. The van der Waals surface area contributed by atoms with E-state index in [0.29, 0.717) is 4.57 Å². The average Bonchev–Trinajstić information content (AvgIpc) is 2.48. The molecule has 0 saturated carbocycles. The summed E-state index contributed by atoms with van der Waals surface area (Å²) in [6, 6.07) is 5.57. The minimum atomic E-state index is -4.72. The monoisotopic (exact) mass is 357 g/mol. The Balaban J connectivity index is 2.49. The third kappa shape index (κ3) is 2.62. The summed E-state index contributed by atoms with van der Waals surface area (Å²) < 4.78 is 53.6. The minimum absolute atomic E-state index is 0.150. The average molecular weight is 358 g/mol. The van der Waals surface area contributed by atoms with Crippen LogP contribution in [0.3, 0.4) is 0 Å². The molecule has 0 fully saturated rings. The smallest absolute Gasteiger partial charge is 0.245 e. The summed E-state index contributed by atoms with van der Waals surface area (Å²) in [5, 5.41) is 0.0326. The van der Waals surface area contributed by atoms with Crippen molar-refractivity contribution >= 4 is 22.6 Å². The van der Waals surface area contributed by atoms with Crippen LogP contribution in [0.4, 0.5) is 17.6 Å². The summed E-state index contributed by atoms with van der Waals surface area (Å²) in [6.07, 6.45) is -4.72. The van der Waals surface area contributed by atoms with E-state index >= 15 is 0 Å². The highest BCUT2D eigenvalue weighted by Gasteiger charge is 2.33. The van der Waals surface area contributed by atoms with Crippen molar-refractivity contribution in [2.45, 2.75) is 13.1 Å². The van der Waals surface area contributed by atoms with E-state index in [9.17, 15) is 22.4 Å². The summed E-state index contributed by atoms with van der Waals surface area (Å²) in [7, 11) is 0. The van der Waals surface area contributed by atoms with E-state index in [1.54, 1.807) is 0 Å². The van der Waals surface area contributed by atoms with E-state index in [2.05, 4.69) is 9.97 Å². The molecule has 0 spiro atoms. The molecule has 0 radical (unpaired) electrons. The quantitative estimate of drug-likeness (QED) is 0.621. The largest absolute Gasteiger partial charge is 0.433 e. The number of rotatable bonds is 1. The molecule has 0 bridgehead atoms. The van der Waals surface area contributed by atoms with Gasteiger partial charge in [-0.25, -0.2) is 18.7 Å². The maximum Gasteiger partial charge on any atom is 0.433 e. The molecule has 2 aromatic heterocycles. The maximum absolute atomic E-state index is 14.2. The molecule has 0 aliphatic rings. The van der Waals surface area contributed by atoms with Crippen LogP contribution in [0.5, 0.6) is 0 Å². The lowest BCUT2D eigenvalue weighted by molar-refractivity contribution is -0.141. The molecule has 0 aliphatic heterocycles. The van der Waals surface area contributed by atoms with Gasteiger partial charge in [0.1, 0.15) is 17.2 Å². The Hall–Kier alpha value is -2.48. The van der Waals surface area contributed by atoms with E-state index < -0.39 is 29.1 Å². The predicted octanol–water partition coefficient (Wildman–Crippen LogP) is 3.90. The van der Waals surface area contributed by atoms with Crippen molar-refractivity contribution < 1.29 is 17.6 Å². The van der Waals surface area contributed by atoms with Crippen LogP contribution in [0.1, 0.15) is 11.4 Å². The third-order valence-electron chi connectivity index (χ3n) is 3.38. The van der Waals surface area contributed by atoms with Gasteiger partial charge in [-0.1, -0.05) is 17.7 Å². The molecule has 0 aliphatic carbocycles. The van der Waals surface area contributed by atoms with Gasteiger partial charge in [-0.2, -0.15) is 18.2 Å². The number of hydrogen-bond acceptors (Lipinski definition) is 3. The van der Waals surface area contributed by atoms with E-state index in [1.165, 1.54) is 19.1 Å². The third-order valence-corrected chi connectivity index (χ3v) is 3.69. The Kier molecular flexibility index (Phi) is 3.79. The summed E-state index contributed by atoms with van der Waals surface area (Å²) in [5.41, 5.74) is -2.76. The van der Waals surface area contributed by atoms with Crippen LogP contribution < -0.4 is 5.69 Å². The molecule has 24 heavy (non-hydrogen) atoms. The molecule has 2 heterocycles. The molecule has 3 rings (SSSR count). The first-order valence-corrected chi connectivity index (χ1v) is 7.00. The Labute approximate surface area is 137 Å². The number of fused-ring (bicyclic) bond motifs is 1. The molecular weight excluding hydrogens is 350 g/mol. The van der Waals surface area contributed by atoms with Crippen LogP contribution in [0.25, 0.3) is 16.7 Å². The Morgan fingerprint density at radius 2 is 1.83 bits per heavy atom. The van der Waals surface area contributed by atoms with Crippen molar-refractivity contribution in [3.8, 4) is 5.69 Å². The van der Waals surface area contributed by atoms with Gasteiger partial charge in [0.05, 0.1) is 10.7 Å². The van der Waals surface area contributed by atoms with E-state index in [0.717, 1.165) is 18.2 Å². The number of aryl methyl sites for hydroxylation is 1. The molecular formula is C15H8ClF4N3O. The first-order chi connectivity index (χ1) is 11.2. The molecule has 0 saturated heterocycles. The maximum atomic E-state index is 14.2. The van der Waals surface area contributed by atoms with Gasteiger partial charge in [-0.15, -0.1) is 0 Å². The van der Waals surface area contributed by atoms with Crippen molar-refractivity contribution in [3.05, 3.63) is 63.0 Å². The second-order valence-corrected chi connectivity index (χ2v) is 5.36. The fourth-order valence-electron chi connectivity index (χ4n) is 2.31. The zero-order valence-corrected chi connectivity index (χ0v) is 12.8. The highest BCUT2D eigenvalue weighted by atomic mass is 35.5. The normalized spacial score (nSPS) is 11.9. The number of hydrogen-bond donors (Lipinski definition) is 0. The van der Waals surface area contributed by atoms with Gasteiger partial charge in [0.25, 0.3) is 0 Å². The van der Waals surface area contributed by atoms with E-state index in [1.807, 2.05) is 0 Å². The molecule has 9 heteroatoms. The number of benzene rings is 1. The van der Waals surface area contributed by atoms with Gasteiger partial charge < -0.3 is 0 Å². The lowest BCUT2D eigenvalue weighted by atomic mass is 10.2. The van der Waals surface area contributed by atoms with Crippen LogP contribution in [0.15, 0.2) is 35.1 Å². The fourth-order valence-corrected chi connectivity index (χ4v) is 2.56. The highest BCUT2D eigenvalue weighted by molar-refractivity contribution is 6.32. The Morgan fingerprint density at radius 1 is 1.12 bits per heavy atom. The molecule has 0 N–H and O–H groups in total. The van der Waals surface area contributed by atoms with E-state index in [-0.39, 0.29) is 21.7 Å². The number of nitrogens with zero attached hydrogens (tertiary/aromatic N) is 3. The van der Waals surface area contributed by atoms with Crippen LogP contribution in [0, 0.1) is 12.7 Å². The molecule has 124 valence electrons. The number of alkyl halides is 3. The van der Waals surface area contributed by atoms with Gasteiger partial charge in [-0.3, -0.25) is 0 Å². The topological polar surface area (TPSA) is 47.8 Å². The van der Waals surface area contributed by atoms with Crippen LogP contribution >= 0.6 is 11.6 Å². The Bertz CT molecular complexity index is 994. The number of para-hydroxylation sites is 1. The number of aromatic nitrogens is 3. The summed E-state index contributed by atoms with van der Waals surface area (Å²) in [4.78, 5) is 19.4. The molecule has 0 atom stereocenters. The molecule has 0 amide bonds. The standard InChI is InChI=1S/C15H8ClF4N3O/c1-7-8-5-6-11(15(18,19)20)22-13(8)23(14(24)21-7)12-9(16)3-2-4-10(12)17/h2-6H,1H3. The number of halogens is 5. The molecule has 4 nitrogen and oxygen atoms in total. The van der Waals surface area contributed by atoms with Crippen LogP contribution in [-0.2, 0) is 6.18 Å². The summed E-state index contributed by atoms with van der Waals surface area (Å²) in [6.45, 7) is 1.45. The zero-order valence-electron chi connectivity index (χ0n) is 12.0. The second-order valence-electron chi connectivity index (χ2n) is 4.95. The zero-order chi connectivity index (χ0) is 17.6. The van der Waals surface area contributed by atoms with Crippen molar-refractivity contribution in [2.24, 2.45) is 0 Å². The second kappa shape index (κ2) is 5.55. The predicted molar refractivity (Wildman–Crippen MR) is 79.8 cm³/mol.